The molecule has 0 fully saturated rings. The molecule has 2 aromatic carbocycles. The molecule has 2 N–H and O–H groups in total. The molecule has 148 valence electrons. The number of nitrogens with one attached hydrogen (secondary N) is 2. The van der Waals surface area contributed by atoms with Crippen molar-refractivity contribution in [1.29, 1.82) is 0 Å². The van der Waals surface area contributed by atoms with Gasteiger partial charge in [-0.15, -0.1) is 0 Å². The molecule has 0 saturated carbocycles. The van der Waals surface area contributed by atoms with Gasteiger partial charge in [-0.1, -0.05) is 66.7 Å². The standard InChI is InChI=1S/C23H23N3O3/c1-17-9-8-14-21(24-17)26-22(27)20(15-18-10-4-2-5-11-18)25-23(28)29-16-19-12-6-3-7-13-19/h2-14,20H,15-16H2,1H3,(H,25,28)(H,24,26,27)/t20-/m0/s1. The van der Waals surface area contributed by atoms with Crippen LogP contribution in [-0.4, -0.2) is 23.0 Å². The van der Waals surface area contributed by atoms with Gasteiger partial charge in [0.1, 0.15) is 18.5 Å². The van der Waals surface area contributed by atoms with Gasteiger partial charge in [0.05, 0.1) is 0 Å². The third-order valence-corrected chi connectivity index (χ3v) is 4.24. The average molecular weight is 389 g/mol. The first-order valence-electron chi connectivity index (χ1n) is 9.36. The van der Waals surface area contributed by atoms with Crippen molar-refractivity contribution in [1.82, 2.24) is 10.3 Å². The fraction of sp³-hybridized carbons (Fsp3) is 0.174. The molecule has 0 saturated heterocycles. The van der Waals surface area contributed by atoms with Gasteiger partial charge in [0.25, 0.3) is 0 Å². The maximum absolute atomic E-state index is 12.8. The van der Waals surface area contributed by atoms with E-state index < -0.39 is 12.1 Å². The second-order valence-corrected chi connectivity index (χ2v) is 6.60. The van der Waals surface area contributed by atoms with Gasteiger partial charge in [-0.05, 0) is 30.2 Å². The Morgan fingerprint density at radius 2 is 1.55 bits per heavy atom. The first-order valence-corrected chi connectivity index (χ1v) is 9.36. The van der Waals surface area contributed by atoms with Crippen LogP contribution in [0.15, 0.2) is 78.9 Å². The van der Waals surface area contributed by atoms with Crippen LogP contribution in [0, 0.1) is 6.92 Å². The molecule has 0 aliphatic carbocycles. The van der Waals surface area contributed by atoms with Crippen molar-refractivity contribution < 1.29 is 14.3 Å². The minimum Gasteiger partial charge on any atom is -0.445 e. The number of benzene rings is 2. The number of carbonyl (C=O) groups excluding carboxylic acids is 2. The summed E-state index contributed by atoms with van der Waals surface area (Å²) in [7, 11) is 0. The molecule has 3 aromatic rings. The van der Waals surface area contributed by atoms with Gasteiger partial charge in [-0.25, -0.2) is 9.78 Å². The van der Waals surface area contributed by atoms with Crippen molar-refractivity contribution in [3.63, 3.8) is 0 Å². The van der Waals surface area contributed by atoms with E-state index in [9.17, 15) is 9.59 Å². The van der Waals surface area contributed by atoms with Gasteiger partial charge in [0.2, 0.25) is 5.91 Å². The van der Waals surface area contributed by atoms with Gasteiger partial charge in [-0.2, -0.15) is 0 Å². The van der Waals surface area contributed by atoms with Crippen molar-refractivity contribution in [3.05, 3.63) is 95.7 Å². The molecule has 0 spiro atoms. The molecular formula is C23H23N3O3. The molecule has 6 nitrogen and oxygen atoms in total. The molecule has 0 aliphatic rings. The summed E-state index contributed by atoms with van der Waals surface area (Å²) in [5.74, 6) is 0.0797. The molecule has 0 radical (unpaired) electrons. The molecule has 1 atom stereocenters. The second kappa shape index (κ2) is 10.0. The van der Waals surface area contributed by atoms with E-state index in [4.69, 9.17) is 4.74 Å². The smallest absolute Gasteiger partial charge is 0.408 e. The molecule has 1 heterocycles. The molecule has 1 aromatic heterocycles. The Morgan fingerprint density at radius 1 is 0.897 bits per heavy atom. The minimum absolute atomic E-state index is 0.131. The molecule has 29 heavy (non-hydrogen) atoms. The number of alkyl carbamates (subject to hydrolysis) is 1. The highest BCUT2D eigenvalue weighted by atomic mass is 16.5. The van der Waals surface area contributed by atoms with Crippen molar-refractivity contribution in [3.8, 4) is 0 Å². The third kappa shape index (κ3) is 6.46. The highest BCUT2D eigenvalue weighted by Gasteiger charge is 2.22. The van der Waals surface area contributed by atoms with E-state index in [0.29, 0.717) is 12.2 Å². The molecule has 2 amide bonds. The molecular weight excluding hydrogens is 366 g/mol. The number of hydrogen-bond donors (Lipinski definition) is 2. The van der Waals surface area contributed by atoms with E-state index in [2.05, 4.69) is 15.6 Å². The Balaban J connectivity index is 1.66. The maximum atomic E-state index is 12.8. The van der Waals surface area contributed by atoms with E-state index in [-0.39, 0.29) is 12.5 Å². The van der Waals surface area contributed by atoms with Gasteiger partial charge in [-0.3, -0.25) is 4.79 Å². The number of amides is 2. The predicted molar refractivity (Wildman–Crippen MR) is 111 cm³/mol. The lowest BCUT2D eigenvalue weighted by molar-refractivity contribution is -0.118. The number of ether oxygens (including phenoxy) is 1. The van der Waals surface area contributed by atoms with E-state index in [1.165, 1.54) is 0 Å². The van der Waals surface area contributed by atoms with E-state index in [1.807, 2.05) is 79.7 Å². The van der Waals surface area contributed by atoms with Crippen LogP contribution in [0.2, 0.25) is 0 Å². The highest BCUT2D eigenvalue weighted by molar-refractivity contribution is 5.96. The number of aryl methyl sites for hydroxylation is 1. The van der Waals surface area contributed by atoms with Crippen LogP contribution in [0.3, 0.4) is 0 Å². The number of rotatable bonds is 7. The summed E-state index contributed by atoms with van der Waals surface area (Å²) >= 11 is 0. The molecule has 6 heteroatoms. The summed E-state index contributed by atoms with van der Waals surface area (Å²) < 4.78 is 5.27. The van der Waals surface area contributed by atoms with Gasteiger partial charge < -0.3 is 15.4 Å². The van der Waals surface area contributed by atoms with E-state index in [1.54, 1.807) is 6.07 Å². The van der Waals surface area contributed by atoms with E-state index >= 15 is 0 Å². The Morgan fingerprint density at radius 3 is 2.21 bits per heavy atom. The van der Waals surface area contributed by atoms with Crippen LogP contribution in [0.5, 0.6) is 0 Å². The van der Waals surface area contributed by atoms with Crippen LogP contribution in [0.25, 0.3) is 0 Å². The summed E-state index contributed by atoms with van der Waals surface area (Å²) in [6.45, 7) is 1.97. The summed E-state index contributed by atoms with van der Waals surface area (Å²) in [6, 6.07) is 23.4. The van der Waals surface area contributed by atoms with Gasteiger partial charge in [0, 0.05) is 12.1 Å². The normalized spacial score (nSPS) is 11.3. The fourth-order valence-corrected chi connectivity index (χ4v) is 2.79. The SMILES string of the molecule is Cc1cccc(NC(=O)[C@H](Cc2ccccc2)NC(=O)OCc2ccccc2)n1. The highest BCUT2D eigenvalue weighted by Crippen LogP contribution is 2.09. The Hall–Kier alpha value is -3.67. The van der Waals surface area contributed by atoms with Gasteiger partial charge >= 0.3 is 6.09 Å². The zero-order valence-corrected chi connectivity index (χ0v) is 16.2. The Kier molecular flexibility index (Phi) is 6.95. The van der Waals surface area contributed by atoms with E-state index in [0.717, 1.165) is 16.8 Å². The largest absolute Gasteiger partial charge is 0.445 e. The number of nitrogens with zero attached hydrogens (tertiary/aromatic N) is 1. The second-order valence-electron chi connectivity index (χ2n) is 6.60. The zero-order valence-electron chi connectivity index (χ0n) is 16.2. The Bertz CT molecular complexity index is 946. The average Bonchev–Trinajstić information content (AvgIpc) is 2.73. The lowest BCUT2D eigenvalue weighted by Gasteiger charge is -2.18. The first kappa shape index (κ1) is 20.1. The van der Waals surface area contributed by atoms with Crippen LogP contribution < -0.4 is 10.6 Å². The quantitative estimate of drug-likeness (QED) is 0.643. The zero-order chi connectivity index (χ0) is 20.5. The van der Waals surface area contributed by atoms with Crippen LogP contribution in [0.4, 0.5) is 10.6 Å². The maximum Gasteiger partial charge on any atom is 0.408 e. The number of hydrogen-bond acceptors (Lipinski definition) is 4. The van der Waals surface area contributed by atoms with Crippen LogP contribution in [0.1, 0.15) is 16.8 Å². The van der Waals surface area contributed by atoms with Crippen LogP contribution in [-0.2, 0) is 22.6 Å². The predicted octanol–water partition coefficient (Wildman–Crippen LogP) is 3.87. The lowest BCUT2D eigenvalue weighted by Crippen LogP contribution is -2.45. The summed E-state index contributed by atoms with van der Waals surface area (Å²) in [5, 5.41) is 5.43. The minimum atomic E-state index is -0.803. The summed E-state index contributed by atoms with van der Waals surface area (Å²) in [6.07, 6.45) is -0.319. The van der Waals surface area contributed by atoms with Crippen molar-refractivity contribution in [2.45, 2.75) is 26.0 Å². The molecule has 0 aliphatic heterocycles. The number of pyridine rings is 1. The van der Waals surface area contributed by atoms with Crippen molar-refractivity contribution in [2.75, 3.05) is 5.32 Å². The first-order chi connectivity index (χ1) is 14.1. The molecule has 0 bridgehead atoms. The monoisotopic (exact) mass is 389 g/mol. The number of aromatic nitrogens is 1. The third-order valence-electron chi connectivity index (χ3n) is 4.24. The van der Waals surface area contributed by atoms with Crippen molar-refractivity contribution >= 4 is 17.8 Å². The topological polar surface area (TPSA) is 80.3 Å². The number of anilines is 1. The lowest BCUT2D eigenvalue weighted by atomic mass is 10.1. The number of carbonyl (C=O) groups is 2. The summed E-state index contributed by atoms with van der Waals surface area (Å²) in [5.41, 5.74) is 2.58. The summed E-state index contributed by atoms with van der Waals surface area (Å²) in [4.78, 5) is 29.4. The molecule has 0 unspecified atom stereocenters. The van der Waals surface area contributed by atoms with Gasteiger partial charge in [0.15, 0.2) is 0 Å². The van der Waals surface area contributed by atoms with Crippen molar-refractivity contribution in [2.24, 2.45) is 0 Å². The van der Waals surface area contributed by atoms with Crippen LogP contribution >= 0.6 is 0 Å². The molecule has 3 rings (SSSR count). The Labute approximate surface area is 169 Å². The fourth-order valence-electron chi connectivity index (χ4n) is 2.79.